The smallest absolute Gasteiger partial charge is 0.164 e. The van der Waals surface area contributed by atoms with Crippen LogP contribution in [0, 0.1) is 6.92 Å². The van der Waals surface area contributed by atoms with Crippen LogP contribution in [0.4, 0.5) is 0 Å². The number of hydrogen-bond donors (Lipinski definition) is 0. The molecule has 0 fully saturated rings. The molecule has 8 aromatic rings. The van der Waals surface area contributed by atoms with Crippen molar-refractivity contribution in [3.05, 3.63) is 133 Å². The third-order valence-corrected chi connectivity index (χ3v) is 7.93. The number of pyridine rings is 1. The Balaban J connectivity index is 1.34. The molecule has 0 amide bonds. The molecule has 4 heteroatoms. The lowest BCUT2D eigenvalue weighted by Gasteiger charge is -2.14. The van der Waals surface area contributed by atoms with Crippen LogP contribution in [-0.2, 0) is 0 Å². The summed E-state index contributed by atoms with van der Waals surface area (Å²) in [6.45, 7) is 2.10. The van der Waals surface area contributed by atoms with Crippen LogP contribution in [-0.4, -0.2) is 19.9 Å². The SMILES string of the molecule is Cc1ccncc1-c1ccc(-c2nc(-c3ccccc3)nc(-c3ccc4ccc5cccc6ccc3c4c56)n2)cc1. The predicted molar refractivity (Wildman–Crippen MR) is 168 cm³/mol. The quantitative estimate of drug-likeness (QED) is 0.215. The summed E-state index contributed by atoms with van der Waals surface area (Å²) in [6.07, 6.45) is 3.73. The average molecular weight is 525 g/mol. The zero-order valence-electron chi connectivity index (χ0n) is 22.4. The highest BCUT2D eigenvalue weighted by Crippen LogP contribution is 2.39. The molecule has 2 heterocycles. The van der Waals surface area contributed by atoms with Crippen molar-refractivity contribution in [3.63, 3.8) is 0 Å². The monoisotopic (exact) mass is 524 g/mol. The first-order chi connectivity index (χ1) is 20.2. The van der Waals surface area contributed by atoms with E-state index >= 15 is 0 Å². The molecule has 0 bridgehead atoms. The fourth-order valence-corrected chi connectivity index (χ4v) is 5.84. The molecule has 0 N–H and O–H groups in total. The second-order valence-corrected chi connectivity index (χ2v) is 10.4. The standard InChI is InChI=1S/C37H24N4/c1-23-20-21-38-22-32(23)24-10-14-29(15-11-24)36-39-35(28-6-3-2-4-7-28)40-37(41-36)31-19-17-27-13-12-25-8-5-9-26-16-18-30(31)34(27)33(25)26/h2-22H,1H3. The second kappa shape index (κ2) is 9.32. The Morgan fingerprint density at radius 1 is 0.439 bits per heavy atom. The molecule has 0 aliphatic heterocycles. The number of nitrogens with zero attached hydrogens (tertiary/aromatic N) is 4. The zero-order valence-corrected chi connectivity index (χ0v) is 22.4. The Hall–Kier alpha value is -5.48. The highest BCUT2D eigenvalue weighted by molar-refractivity contribution is 6.25. The van der Waals surface area contributed by atoms with Gasteiger partial charge in [0.1, 0.15) is 0 Å². The third-order valence-electron chi connectivity index (χ3n) is 7.93. The Kier molecular flexibility index (Phi) is 5.32. The summed E-state index contributed by atoms with van der Waals surface area (Å²) < 4.78 is 0. The van der Waals surface area contributed by atoms with E-state index in [1.54, 1.807) is 0 Å². The van der Waals surface area contributed by atoms with Gasteiger partial charge in [-0.2, -0.15) is 0 Å². The van der Waals surface area contributed by atoms with Crippen LogP contribution >= 0.6 is 0 Å². The van der Waals surface area contributed by atoms with Crippen LogP contribution in [0.15, 0.2) is 128 Å². The summed E-state index contributed by atoms with van der Waals surface area (Å²) >= 11 is 0. The van der Waals surface area contributed by atoms with Crippen LogP contribution in [0.1, 0.15) is 5.56 Å². The maximum atomic E-state index is 5.07. The molecule has 192 valence electrons. The lowest BCUT2D eigenvalue weighted by molar-refractivity contribution is 1.08. The minimum absolute atomic E-state index is 0.647. The van der Waals surface area contributed by atoms with Gasteiger partial charge in [0.15, 0.2) is 17.5 Å². The van der Waals surface area contributed by atoms with E-state index in [1.807, 2.05) is 48.8 Å². The van der Waals surface area contributed by atoms with Crippen LogP contribution in [0.25, 0.3) is 77.6 Å². The summed E-state index contributed by atoms with van der Waals surface area (Å²) in [7, 11) is 0. The van der Waals surface area contributed by atoms with Crippen molar-refractivity contribution in [1.82, 2.24) is 19.9 Å². The normalized spacial score (nSPS) is 11.5. The lowest BCUT2D eigenvalue weighted by atomic mass is 9.92. The largest absolute Gasteiger partial charge is 0.264 e. The number of aryl methyl sites for hydroxylation is 1. The average Bonchev–Trinajstić information content (AvgIpc) is 3.04. The van der Waals surface area contributed by atoms with Crippen molar-refractivity contribution < 1.29 is 0 Å². The molecule has 0 radical (unpaired) electrons. The molecule has 41 heavy (non-hydrogen) atoms. The first-order valence-electron chi connectivity index (χ1n) is 13.7. The van der Waals surface area contributed by atoms with Gasteiger partial charge in [-0.3, -0.25) is 4.98 Å². The lowest BCUT2D eigenvalue weighted by Crippen LogP contribution is -2.01. The summed E-state index contributed by atoms with van der Waals surface area (Å²) in [5.41, 5.74) is 6.32. The number of hydrogen-bond acceptors (Lipinski definition) is 4. The predicted octanol–water partition coefficient (Wildman–Crippen LogP) is 9.14. The maximum absolute atomic E-state index is 5.07. The number of benzene rings is 6. The Bertz CT molecular complexity index is 2190. The first kappa shape index (κ1) is 23.4. The molecular formula is C37H24N4. The molecule has 0 spiro atoms. The minimum Gasteiger partial charge on any atom is -0.264 e. The Morgan fingerprint density at radius 2 is 1.05 bits per heavy atom. The number of aromatic nitrogens is 4. The van der Waals surface area contributed by atoms with Crippen molar-refractivity contribution in [2.75, 3.05) is 0 Å². The molecule has 0 aliphatic carbocycles. The summed E-state index contributed by atoms with van der Waals surface area (Å²) in [4.78, 5) is 19.4. The molecule has 4 nitrogen and oxygen atoms in total. The van der Waals surface area contributed by atoms with Gasteiger partial charge in [0, 0.05) is 34.6 Å². The van der Waals surface area contributed by atoms with Crippen LogP contribution in [0.3, 0.4) is 0 Å². The Morgan fingerprint density at radius 3 is 1.78 bits per heavy atom. The van der Waals surface area contributed by atoms with Crippen molar-refractivity contribution in [1.29, 1.82) is 0 Å². The van der Waals surface area contributed by atoms with E-state index in [2.05, 4.69) is 90.8 Å². The van der Waals surface area contributed by atoms with Gasteiger partial charge in [-0.25, -0.2) is 15.0 Å². The molecule has 0 atom stereocenters. The fourth-order valence-electron chi connectivity index (χ4n) is 5.84. The van der Waals surface area contributed by atoms with Gasteiger partial charge in [0.2, 0.25) is 0 Å². The van der Waals surface area contributed by atoms with Gasteiger partial charge < -0.3 is 0 Å². The van der Waals surface area contributed by atoms with E-state index in [0.29, 0.717) is 17.5 Å². The van der Waals surface area contributed by atoms with Crippen LogP contribution in [0.5, 0.6) is 0 Å². The maximum Gasteiger partial charge on any atom is 0.164 e. The van der Waals surface area contributed by atoms with E-state index in [0.717, 1.165) is 33.2 Å². The molecule has 0 unspecified atom stereocenters. The molecule has 0 aliphatic rings. The highest BCUT2D eigenvalue weighted by Gasteiger charge is 2.17. The van der Waals surface area contributed by atoms with E-state index in [-0.39, 0.29) is 0 Å². The summed E-state index contributed by atoms with van der Waals surface area (Å²) in [6, 6.07) is 40.2. The van der Waals surface area contributed by atoms with Crippen LogP contribution in [0.2, 0.25) is 0 Å². The number of rotatable bonds is 4. The van der Waals surface area contributed by atoms with Gasteiger partial charge in [-0.05, 0) is 62.5 Å². The van der Waals surface area contributed by atoms with Gasteiger partial charge in [0.25, 0.3) is 0 Å². The second-order valence-electron chi connectivity index (χ2n) is 10.4. The highest BCUT2D eigenvalue weighted by atomic mass is 15.0. The third kappa shape index (κ3) is 3.92. The van der Waals surface area contributed by atoms with E-state index < -0.39 is 0 Å². The van der Waals surface area contributed by atoms with E-state index in [1.165, 1.54) is 32.5 Å². The summed E-state index contributed by atoms with van der Waals surface area (Å²) in [5.74, 6) is 1.97. The van der Waals surface area contributed by atoms with Gasteiger partial charge in [-0.1, -0.05) is 103 Å². The van der Waals surface area contributed by atoms with Gasteiger partial charge in [-0.15, -0.1) is 0 Å². The molecule has 8 rings (SSSR count). The fraction of sp³-hybridized carbons (Fsp3) is 0.0270. The van der Waals surface area contributed by atoms with Crippen molar-refractivity contribution in [2.24, 2.45) is 0 Å². The summed E-state index contributed by atoms with van der Waals surface area (Å²) in [5, 5.41) is 7.36. The first-order valence-corrected chi connectivity index (χ1v) is 13.7. The molecule has 0 saturated carbocycles. The van der Waals surface area contributed by atoms with Crippen molar-refractivity contribution in [3.8, 4) is 45.3 Å². The van der Waals surface area contributed by atoms with E-state index in [9.17, 15) is 0 Å². The minimum atomic E-state index is 0.647. The molecule has 0 saturated heterocycles. The van der Waals surface area contributed by atoms with Crippen LogP contribution < -0.4 is 0 Å². The Labute approximate surface area is 237 Å². The van der Waals surface area contributed by atoms with Crippen molar-refractivity contribution >= 4 is 32.3 Å². The topological polar surface area (TPSA) is 51.6 Å². The molecule has 2 aromatic heterocycles. The zero-order chi connectivity index (χ0) is 27.3. The molecule has 6 aromatic carbocycles. The van der Waals surface area contributed by atoms with Gasteiger partial charge in [0.05, 0.1) is 0 Å². The van der Waals surface area contributed by atoms with Gasteiger partial charge >= 0.3 is 0 Å². The van der Waals surface area contributed by atoms with Crippen molar-refractivity contribution in [2.45, 2.75) is 6.92 Å². The molecular weight excluding hydrogens is 500 g/mol. The van der Waals surface area contributed by atoms with E-state index in [4.69, 9.17) is 15.0 Å².